The van der Waals surface area contributed by atoms with Crippen LogP contribution in [0.15, 0.2) is 42.1 Å². The molecule has 0 radical (unpaired) electrons. The molecule has 8 unspecified atom stereocenters. The fourth-order valence-corrected chi connectivity index (χ4v) is 9.83. The second kappa shape index (κ2) is 12.9. The van der Waals surface area contributed by atoms with Gasteiger partial charge in [-0.05, 0) is 79.4 Å². The molecule has 48 heavy (non-hydrogen) atoms. The van der Waals surface area contributed by atoms with E-state index in [-0.39, 0.29) is 61.1 Å². The van der Waals surface area contributed by atoms with Gasteiger partial charge in [0.1, 0.15) is 11.6 Å². The van der Waals surface area contributed by atoms with Crippen LogP contribution in [-0.2, 0) is 39.9 Å². The lowest BCUT2D eigenvalue weighted by atomic mass is 9.45. The Bertz CT molecular complexity index is 1660. The highest BCUT2D eigenvalue weighted by Gasteiger charge is 2.68. The molecule has 0 spiro atoms. The number of ether oxygens (including phenoxy) is 2. The number of benzene rings is 1. The van der Waals surface area contributed by atoms with Crippen LogP contribution in [0.4, 0.5) is 0 Å². The van der Waals surface area contributed by atoms with Gasteiger partial charge in [-0.2, -0.15) is 0 Å². The molecule has 1 heterocycles. The van der Waals surface area contributed by atoms with Crippen LogP contribution < -0.4 is 5.32 Å². The predicted octanol–water partition coefficient (Wildman–Crippen LogP) is 3.49. The standard InChI is InChI=1S/C37H46N2O9/c1-35-14-12-23(40)17-22(35)8-9-25-26-13-15-37(46,36(26,2)18-29(41)33(25)35)30(42)20-48-32(44)11-10-31(43)39-28(34(45)47-3)16-21-19-38-27-7-5-4-6-24(21)27/h4-7,17,19,25-26,28-29,33,38,41,46H,8-16,18,20H2,1-3H3,(H,39,43). The lowest BCUT2D eigenvalue weighted by Crippen LogP contribution is -2.62. The summed E-state index contributed by atoms with van der Waals surface area (Å²) in [7, 11) is 1.24. The van der Waals surface area contributed by atoms with Crippen LogP contribution in [0.1, 0.15) is 77.2 Å². The van der Waals surface area contributed by atoms with Gasteiger partial charge >= 0.3 is 11.9 Å². The van der Waals surface area contributed by atoms with E-state index in [0.29, 0.717) is 19.3 Å². The Labute approximate surface area is 279 Å². The molecule has 3 fully saturated rings. The number of ketones is 2. The van der Waals surface area contributed by atoms with Gasteiger partial charge in [0.15, 0.2) is 12.4 Å². The molecule has 11 heteroatoms. The second-order valence-electron chi connectivity index (χ2n) is 14.8. The summed E-state index contributed by atoms with van der Waals surface area (Å²) < 4.78 is 10.2. The van der Waals surface area contributed by atoms with E-state index in [2.05, 4.69) is 17.2 Å². The van der Waals surface area contributed by atoms with E-state index in [4.69, 9.17) is 9.47 Å². The van der Waals surface area contributed by atoms with Gasteiger partial charge in [0, 0.05) is 41.8 Å². The van der Waals surface area contributed by atoms with Gasteiger partial charge in [0.2, 0.25) is 11.7 Å². The van der Waals surface area contributed by atoms with E-state index in [9.17, 15) is 34.2 Å². The first-order chi connectivity index (χ1) is 22.8. The normalized spacial score (nSPS) is 33.1. The number of aromatic nitrogens is 1. The summed E-state index contributed by atoms with van der Waals surface area (Å²) in [5.41, 5.74) is -0.109. The van der Waals surface area contributed by atoms with Crippen molar-refractivity contribution in [2.24, 2.45) is 28.6 Å². The Hall–Kier alpha value is -3.83. The first-order valence-corrected chi connectivity index (χ1v) is 17.1. The maximum atomic E-state index is 13.6. The number of aromatic amines is 1. The summed E-state index contributed by atoms with van der Waals surface area (Å²) in [6.07, 6.45) is 6.19. The van der Waals surface area contributed by atoms with Crippen molar-refractivity contribution < 1.29 is 43.7 Å². The second-order valence-corrected chi connectivity index (χ2v) is 14.8. The molecule has 4 aliphatic carbocycles. The lowest BCUT2D eigenvalue weighted by Gasteiger charge is -2.60. The molecule has 0 bridgehead atoms. The van der Waals surface area contributed by atoms with Gasteiger partial charge < -0.3 is 30.0 Å². The number of rotatable bonds is 10. The molecule has 0 saturated heterocycles. The van der Waals surface area contributed by atoms with Crippen LogP contribution in [-0.4, -0.2) is 76.1 Å². The fraction of sp³-hybridized carbons (Fsp3) is 0.595. The van der Waals surface area contributed by atoms with Gasteiger partial charge in [-0.25, -0.2) is 4.79 Å². The Morgan fingerprint density at radius 1 is 1.08 bits per heavy atom. The number of amides is 1. The molecule has 3 saturated carbocycles. The smallest absolute Gasteiger partial charge is 0.328 e. The molecule has 1 amide bonds. The summed E-state index contributed by atoms with van der Waals surface area (Å²) >= 11 is 0. The van der Waals surface area contributed by atoms with E-state index in [1.165, 1.54) is 7.11 Å². The summed E-state index contributed by atoms with van der Waals surface area (Å²) in [5.74, 6) is -2.36. The number of hydrogen-bond acceptors (Lipinski definition) is 9. The van der Waals surface area contributed by atoms with E-state index in [0.717, 1.165) is 34.9 Å². The van der Waals surface area contributed by atoms with Crippen molar-refractivity contribution in [3.05, 3.63) is 47.7 Å². The van der Waals surface area contributed by atoms with Gasteiger partial charge in [0.25, 0.3) is 0 Å². The molecular weight excluding hydrogens is 616 g/mol. The number of hydrogen-bond donors (Lipinski definition) is 4. The number of nitrogens with one attached hydrogen (secondary N) is 2. The zero-order valence-corrected chi connectivity index (χ0v) is 27.9. The number of allylic oxidation sites excluding steroid dienone is 1. The monoisotopic (exact) mass is 662 g/mol. The zero-order chi connectivity index (χ0) is 34.4. The van der Waals surface area contributed by atoms with Crippen molar-refractivity contribution in [3.63, 3.8) is 0 Å². The van der Waals surface area contributed by atoms with Crippen LogP contribution in [0.25, 0.3) is 10.9 Å². The molecule has 1 aromatic heterocycles. The highest BCUT2D eigenvalue weighted by molar-refractivity contribution is 5.93. The van der Waals surface area contributed by atoms with Crippen LogP contribution in [0.3, 0.4) is 0 Å². The van der Waals surface area contributed by atoms with Gasteiger partial charge in [0.05, 0.1) is 19.6 Å². The molecule has 2 aromatic rings. The third-order valence-corrected chi connectivity index (χ3v) is 12.3. The average molecular weight is 663 g/mol. The summed E-state index contributed by atoms with van der Waals surface area (Å²) in [5, 5.41) is 27.1. The minimum Gasteiger partial charge on any atom is -0.467 e. The number of methoxy groups -OCH3 is 1. The van der Waals surface area contributed by atoms with Gasteiger partial charge in [-0.3, -0.25) is 19.2 Å². The highest BCUT2D eigenvalue weighted by atomic mass is 16.5. The molecule has 1 aromatic carbocycles. The van der Waals surface area contributed by atoms with Crippen molar-refractivity contribution in [1.29, 1.82) is 0 Å². The average Bonchev–Trinajstić information content (AvgIpc) is 3.59. The van der Waals surface area contributed by atoms with Crippen molar-refractivity contribution in [3.8, 4) is 0 Å². The maximum Gasteiger partial charge on any atom is 0.328 e. The number of H-pyrrole nitrogens is 1. The topological polar surface area (TPSA) is 172 Å². The van der Waals surface area contributed by atoms with E-state index < -0.39 is 53.4 Å². The quantitative estimate of drug-likeness (QED) is 0.278. The van der Waals surface area contributed by atoms with Crippen LogP contribution >= 0.6 is 0 Å². The van der Waals surface area contributed by atoms with Crippen molar-refractivity contribution >= 4 is 40.3 Å². The third kappa shape index (κ3) is 5.78. The van der Waals surface area contributed by atoms with Crippen LogP contribution in [0.2, 0.25) is 0 Å². The first kappa shape index (κ1) is 34.0. The molecule has 4 aliphatic rings. The number of para-hydroxylation sites is 1. The Morgan fingerprint density at radius 2 is 1.85 bits per heavy atom. The SMILES string of the molecule is COC(=O)C(Cc1c[nH]c2ccccc12)NC(=O)CCC(=O)OCC(=O)C1(O)CCC2C3CCC4=CC(=O)CCC4(C)C3C(O)CC21C. The molecule has 6 rings (SSSR count). The number of fused-ring (bicyclic) bond motifs is 6. The number of aliphatic hydroxyl groups excluding tert-OH is 1. The zero-order valence-electron chi connectivity index (χ0n) is 27.9. The Balaban J connectivity index is 1.04. The van der Waals surface area contributed by atoms with Gasteiger partial charge in [-0.1, -0.05) is 37.6 Å². The Kier molecular flexibility index (Phi) is 9.14. The number of esters is 2. The minimum absolute atomic E-state index is 0.00210. The van der Waals surface area contributed by atoms with Crippen molar-refractivity contribution in [2.75, 3.05) is 13.7 Å². The summed E-state index contributed by atoms with van der Waals surface area (Å²) in [6, 6.07) is 6.62. The highest BCUT2D eigenvalue weighted by Crippen LogP contribution is 2.67. The number of Topliss-reactive ketones (excluding diaryl/α,β-unsaturated/α-hetero) is 1. The van der Waals surface area contributed by atoms with Crippen molar-refractivity contribution in [2.45, 2.75) is 95.8 Å². The number of carbonyl (C=O) groups is 5. The largest absolute Gasteiger partial charge is 0.467 e. The lowest BCUT2D eigenvalue weighted by molar-refractivity contribution is -0.184. The van der Waals surface area contributed by atoms with Crippen molar-refractivity contribution in [1.82, 2.24) is 10.3 Å². The number of carbonyl (C=O) groups excluding carboxylic acids is 5. The van der Waals surface area contributed by atoms with E-state index in [1.54, 1.807) is 12.3 Å². The van der Waals surface area contributed by atoms with E-state index in [1.807, 2.05) is 31.2 Å². The van der Waals surface area contributed by atoms with Crippen LogP contribution in [0, 0.1) is 28.6 Å². The molecule has 11 nitrogen and oxygen atoms in total. The summed E-state index contributed by atoms with van der Waals surface area (Å²) in [6.45, 7) is 3.39. The fourth-order valence-electron chi connectivity index (χ4n) is 9.83. The first-order valence-electron chi connectivity index (χ1n) is 17.1. The maximum absolute atomic E-state index is 13.6. The predicted molar refractivity (Wildman–Crippen MR) is 174 cm³/mol. The molecule has 258 valence electrons. The van der Waals surface area contributed by atoms with E-state index >= 15 is 0 Å². The summed E-state index contributed by atoms with van der Waals surface area (Å²) in [4.78, 5) is 66.7. The molecule has 8 atom stereocenters. The van der Waals surface area contributed by atoms with Crippen LogP contribution in [0.5, 0.6) is 0 Å². The molecular formula is C37H46N2O9. The third-order valence-electron chi connectivity index (χ3n) is 12.3. The number of aliphatic hydroxyl groups is 2. The molecule has 0 aliphatic heterocycles. The van der Waals surface area contributed by atoms with Gasteiger partial charge in [-0.15, -0.1) is 0 Å². The Morgan fingerprint density at radius 3 is 2.62 bits per heavy atom. The minimum atomic E-state index is -1.77. The molecule has 4 N–H and O–H groups in total.